The molecule has 0 atom stereocenters. The lowest BCUT2D eigenvalue weighted by molar-refractivity contribution is 1.18. The maximum atomic E-state index is 4.09. The first-order valence-corrected chi connectivity index (χ1v) is 9.41. The molecule has 0 N–H and O–H groups in total. The number of aromatic nitrogens is 2. The first-order chi connectivity index (χ1) is 13.4. The molecule has 0 unspecified atom stereocenters. The fourth-order valence-electron chi connectivity index (χ4n) is 3.55. The van der Waals surface area contributed by atoms with Crippen LogP contribution in [0.4, 0.5) is 0 Å². The predicted octanol–water partition coefficient (Wildman–Crippen LogP) is 6.87. The molecule has 2 aromatic heterocycles. The minimum absolute atomic E-state index is 1.18. The zero-order chi connectivity index (χ0) is 18.6. The minimum atomic E-state index is 1.18. The predicted molar refractivity (Wildman–Crippen MR) is 115 cm³/mol. The number of para-hydroxylation sites is 2. The molecule has 2 heterocycles. The summed E-state index contributed by atoms with van der Waals surface area (Å²) in [5, 5.41) is 2.58. The van der Waals surface area contributed by atoms with E-state index in [-0.39, 0.29) is 0 Å². The highest BCUT2D eigenvalue weighted by Gasteiger charge is 2.11. The summed E-state index contributed by atoms with van der Waals surface area (Å²) in [7, 11) is 0. The summed E-state index contributed by atoms with van der Waals surface area (Å²) >= 11 is 0. The Morgan fingerprint density at radius 3 is 1.59 bits per heavy atom. The van der Waals surface area contributed by atoms with Crippen molar-refractivity contribution in [1.82, 2.24) is 9.55 Å². The second-order valence-electron chi connectivity index (χ2n) is 6.15. The lowest BCUT2D eigenvalue weighted by Crippen LogP contribution is -1.93. The molecule has 2 nitrogen and oxygen atoms in total. The number of rotatable bonds is 2. The molecule has 0 fully saturated rings. The molecule has 0 radical (unpaired) electrons. The monoisotopic (exact) mass is 350 g/mol. The summed E-state index contributed by atoms with van der Waals surface area (Å²) in [6.07, 6.45) is 3.66. The van der Waals surface area contributed by atoms with Gasteiger partial charge in [-0.2, -0.15) is 0 Å². The summed E-state index contributed by atoms with van der Waals surface area (Å²) in [5.74, 6) is 0. The van der Waals surface area contributed by atoms with Crippen molar-refractivity contribution in [3.63, 3.8) is 0 Å². The number of fused-ring (bicyclic) bond motifs is 3. The fourth-order valence-corrected chi connectivity index (χ4v) is 3.55. The molecular formula is C25H22N2. The molecular weight excluding hydrogens is 328 g/mol. The Morgan fingerprint density at radius 2 is 1.04 bits per heavy atom. The Morgan fingerprint density at radius 1 is 0.556 bits per heavy atom. The van der Waals surface area contributed by atoms with Crippen LogP contribution in [0.25, 0.3) is 38.6 Å². The van der Waals surface area contributed by atoms with Crippen LogP contribution in [-0.2, 0) is 0 Å². The zero-order valence-electron chi connectivity index (χ0n) is 15.6. The molecule has 0 amide bonds. The number of pyridine rings is 1. The molecule has 0 aliphatic heterocycles. The molecule has 3 aromatic carbocycles. The smallest absolute Gasteiger partial charge is 0.0541 e. The maximum Gasteiger partial charge on any atom is 0.0541 e. The van der Waals surface area contributed by atoms with E-state index in [9.17, 15) is 0 Å². The first kappa shape index (κ1) is 17.0. The van der Waals surface area contributed by atoms with E-state index in [0.29, 0.717) is 0 Å². The van der Waals surface area contributed by atoms with Gasteiger partial charge in [0.2, 0.25) is 0 Å². The van der Waals surface area contributed by atoms with Crippen LogP contribution in [0, 0.1) is 0 Å². The summed E-state index contributed by atoms with van der Waals surface area (Å²) in [6, 6.07) is 30.0. The van der Waals surface area contributed by atoms with E-state index in [4.69, 9.17) is 0 Å². The average Bonchev–Trinajstić information content (AvgIpc) is 3.10. The highest BCUT2D eigenvalue weighted by Crippen LogP contribution is 2.32. The number of benzene rings is 3. The quantitative estimate of drug-likeness (QED) is 0.339. The van der Waals surface area contributed by atoms with E-state index in [0.717, 1.165) is 0 Å². The van der Waals surface area contributed by atoms with Crippen molar-refractivity contribution >= 4 is 21.8 Å². The molecule has 2 heteroatoms. The van der Waals surface area contributed by atoms with Crippen molar-refractivity contribution in [3.05, 3.63) is 97.3 Å². The topological polar surface area (TPSA) is 17.8 Å². The number of hydrogen-bond acceptors (Lipinski definition) is 1. The Bertz CT molecular complexity index is 1120. The van der Waals surface area contributed by atoms with Crippen LogP contribution in [0.15, 0.2) is 97.3 Å². The van der Waals surface area contributed by atoms with Crippen molar-refractivity contribution in [3.8, 4) is 16.8 Å². The van der Waals surface area contributed by atoms with Crippen LogP contribution >= 0.6 is 0 Å². The molecule has 5 aromatic rings. The van der Waals surface area contributed by atoms with Gasteiger partial charge in [0, 0.05) is 28.9 Å². The third-order valence-corrected chi connectivity index (χ3v) is 4.72. The van der Waals surface area contributed by atoms with Gasteiger partial charge in [-0.25, -0.2) is 0 Å². The van der Waals surface area contributed by atoms with E-state index < -0.39 is 0 Å². The van der Waals surface area contributed by atoms with Crippen LogP contribution < -0.4 is 0 Å². The minimum Gasteiger partial charge on any atom is -0.309 e. The van der Waals surface area contributed by atoms with Gasteiger partial charge < -0.3 is 4.57 Å². The van der Waals surface area contributed by atoms with Gasteiger partial charge in [-0.15, -0.1) is 0 Å². The number of nitrogens with zero attached hydrogens (tertiary/aromatic N) is 2. The average molecular weight is 350 g/mol. The normalized spacial score (nSPS) is 10.6. The number of hydrogen-bond donors (Lipinski definition) is 0. The lowest BCUT2D eigenvalue weighted by Gasteiger charge is -2.09. The highest BCUT2D eigenvalue weighted by molar-refractivity contribution is 6.09. The van der Waals surface area contributed by atoms with E-state index in [1.165, 1.54) is 38.6 Å². The van der Waals surface area contributed by atoms with E-state index in [2.05, 4.69) is 82.3 Å². The third kappa shape index (κ3) is 3.00. The molecule has 5 rings (SSSR count). The van der Waals surface area contributed by atoms with Crippen molar-refractivity contribution in [2.24, 2.45) is 0 Å². The highest BCUT2D eigenvalue weighted by atomic mass is 15.0. The maximum absolute atomic E-state index is 4.09. The van der Waals surface area contributed by atoms with Gasteiger partial charge in [-0.05, 0) is 47.5 Å². The summed E-state index contributed by atoms with van der Waals surface area (Å²) < 4.78 is 2.33. The van der Waals surface area contributed by atoms with Crippen molar-refractivity contribution in [2.45, 2.75) is 13.8 Å². The van der Waals surface area contributed by atoms with Crippen molar-refractivity contribution < 1.29 is 0 Å². The Hall–Kier alpha value is -3.39. The van der Waals surface area contributed by atoms with Gasteiger partial charge in [0.1, 0.15) is 0 Å². The van der Waals surface area contributed by atoms with Crippen LogP contribution in [0.3, 0.4) is 0 Å². The van der Waals surface area contributed by atoms with Crippen LogP contribution in [-0.4, -0.2) is 9.55 Å². The second-order valence-corrected chi connectivity index (χ2v) is 6.15. The Kier molecular flexibility index (Phi) is 4.71. The van der Waals surface area contributed by atoms with Crippen LogP contribution in [0.2, 0.25) is 0 Å². The fraction of sp³-hybridized carbons (Fsp3) is 0.0800. The molecule has 0 spiro atoms. The molecule has 0 aliphatic rings. The Balaban J connectivity index is 0.000000872. The largest absolute Gasteiger partial charge is 0.309 e. The van der Waals surface area contributed by atoms with Gasteiger partial charge >= 0.3 is 0 Å². The molecule has 0 saturated heterocycles. The van der Waals surface area contributed by atoms with E-state index in [1.807, 2.05) is 38.4 Å². The summed E-state index contributed by atoms with van der Waals surface area (Å²) in [5.41, 5.74) is 6.03. The van der Waals surface area contributed by atoms with Crippen molar-refractivity contribution in [1.29, 1.82) is 0 Å². The first-order valence-electron chi connectivity index (χ1n) is 9.41. The summed E-state index contributed by atoms with van der Waals surface area (Å²) in [6.45, 7) is 4.00. The van der Waals surface area contributed by atoms with Gasteiger partial charge in [-0.3, -0.25) is 4.98 Å². The summed E-state index contributed by atoms with van der Waals surface area (Å²) in [4.78, 5) is 4.09. The zero-order valence-corrected chi connectivity index (χ0v) is 15.6. The van der Waals surface area contributed by atoms with Crippen molar-refractivity contribution in [2.75, 3.05) is 0 Å². The van der Waals surface area contributed by atoms with E-state index in [1.54, 1.807) is 0 Å². The Labute approximate surface area is 159 Å². The molecule has 0 aliphatic carbocycles. The van der Waals surface area contributed by atoms with Gasteiger partial charge in [-0.1, -0.05) is 62.4 Å². The molecule has 0 bridgehead atoms. The van der Waals surface area contributed by atoms with Gasteiger partial charge in [0.25, 0.3) is 0 Å². The second kappa shape index (κ2) is 7.46. The van der Waals surface area contributed by atoms with E-state index >= 15 is 0 Å². The molecule has 132 valence electrons. The van der Waals surface area contributed by atoms with Gasteiger partial charge in [0.05, 0.1) is 11.0 Å². The SMILES string of the molecule is CC.c1ccc2c(c1)c1ccccc1n2-c1ccc(-c2ccncc2)cc1. The molecule has 27 heavy (non-hydrogen) atoms. The lowest BCUT2D eigenvalue weighted by atomic mass is 10.1. The standard InChI is InChI=1S/C23H16N2.C2H6/c1-3-7-22-20(5-1)21-6-2-4-8-23(21)25(22)19-11-9-17(10-12-19)18-13-15-24-16-14-18;1-2/h1-16H;1-2H3. The van der Waals surface area contributed by atoms with Crippen LogP contribution in [0.5, 0.6) is 0 Å². The molecule has 0 saturated carbocycles. The van der Waals surface area contributed by atoms with Gasteiger partial charge in [0.15, 0.2) is 0 Å². The van der Waals surface area contributed by atoms with Crippen LogP contribution in [0.1, 0.15) is 13.8 Å². The third-order valence-electron chi connectivity index (χ3n) is 4.72.